The van der Waals surface area contributed by atoms with Gasteiger partial charge in [0.2, 0.25) is 0 Å². The van der Waals surface area contributed by atoms with Crippen molar-refractivity contribution in [2.45, 2.75) is 26.3 Å². The normalized spacial score (nSPS) is 15.9. The maximum atomic E-state index is 11.6. The third-order valence-electron chi connectivity index (χ3n) is 4.36. The summed E-state index contributed by atoms with van der Waals surface area (Å²) >= 11 is 6.10. The smallest absolute Gasteiger partial charge is 0.285 e. The number of halogens is 1. The number of nitrogens with one attached hydrogen (secondary N) is 1. The monoisotopic (exact) mass is 347 g/mol. The number of hydrogen-bond acceptors (Lipinski definition) is 5. The van der Waals surface area contributed by atoms with Crippen molar-refractivity contribution in [3.8, 4) is 0 Å². The fourth-order valence-corrected chi connectivity index (χ4v) is 3.30. The van der Waals surface area contributed by atoms with Crippen LogP contribution in [0.25, 0.3) is 0 Å². The topological polar surface area (TPSA) is 65.1 Å². The van der Waals surface area contributed by atoms with Crippen LogP contribution in [0, 0.1) is 0 Å². The fourth-order valence-electron chi connectivity index (χ4n) is 3.09. The number of H-pyrrole nitrogens is 1. The summed E-state index contributed by atoms with van der Waals surface area (Å²) in [6, 6.07) is 4.16. The number of aromatic nitrogens is 3. The zero-order chi connectivity index (χ0) is 17.1. The molecule has 1 N–H and O–H groups in total. The molecule has 1 aliphatic rings. The third kappa shape index (κ3) is 3.60. The third-order valence-corrected chi connectivity index (χ3v) is 4.72. The number of nitrogens with zero attached hydrogens (tertiary/aromatic N) is 4. The summed E-state index contributed by atoms with van der Waals surface area (Å²) in [6.45, 7) is 8.71. The largest absolute Gasteiger partial charge is 0.366 e. The van der Waals surface area contributed by atoms with E-state index < -0.39 is 0 Å². The molecule has 7 heteroatoms. The van der Waals surface area contributed by atoms with E-state index in [1.165, 1.54) is 11.3 Å². The van der Waals surface area contributed by atoms with Crippen molar-refractivity contribution < 1.29 is 0 Å². The van der Waals surface area contributed by atoms with Gasteiger partial charge in [-0.2, -0.15) is 5.10 Å². The van der Waals surface area contributed by atoms with E-state index in [9.17, 15) is 4.79 Å². The van der Waals surface area contributed by atoms with Gasteiger partial charge in [-0.1, -0.05) is 31.5 Å². The van der Waals surface area contributed by atoms with E-state index >= 15 is 0 Å². The van der Waals surface area contributed by atoms with E-state index in [1.807, 2.05) is 12.3 Å². The van der Waals surface area contributed by atoms with Gasteiger partial charge in [0.05, 0.1) is 11.9 Å². The van der Waals surface area contributed by atoms with Crippen LogP contribution in [0.3, 0.4) is 0 Å². The van der Waals surface area contributed by atoms with Crippen LogP contribution < -0.4 is 10.5 Å². The SMILES string of the molecule is CC(C)c1ncccc1CN1CCN(c2cn[nH]c(=O)c2Cl)CC1. The van der Waals surface area contributed by atoms with Crippen LogP contribution >= 0.6 is 11.6 Å². The Kier molecular flexibility index (Phi) is 5.16. The van der Waals surface area contributed by atoms with Crippen LogP contribution in [0.4, 0.5) is 5.69 Å². The molecular formula is C17H22ClN5O. The van der Waals surface area contributed by atoms with Crippen LogP contribution in [0.1, 0.15) is 31.0 Å². The molecule has 0 aliphatic carbocycles. The van der Waals surface area contributed by atoms with E-state index in [1.54, 1.807) is 6.20 Å². The average molecular weight is 348 g/mol. The van der Waals surface area contributed by atoms with Crippen molar-refractivity contribution in [1.82, 2.24) is 20.1 Å². The predicted octanol–water partition coefficient (Wildman–Crippen LogP) is 2.26. The molecule has 6 nitrogen and oxygen atoms in total. The Morgan fingerprint density at radius 1 is 1.29 bits per heavy atom. The van der Waals surface area contributed by atoms with Gasteiger partial charge in [0, 0.05) is 44.6 Å². The van der Waals surface area contributed by atoms with E-state index in [0.717, 1.165) is 32.7 Å². The summed E-state index contributed by atoms with van der Waals surface area (Å²) in [4.78, 5) is 20.7. The first-order valence-corrected chi connectivity index (χ1v) is 8.58. The molecule has 3 rings (SSSR count). The number of anilines is 1. The van der Waals surface area contributed by atoms with Crippen molar-refractivity contribution in [3.63, 3.8) is 0 Å². The highest BCUT2D eigenvalue weighted by molar-refractivity contribution is 6.32. The number of rotatable bonds is 4. The van der Waals surface area contributed by atoms with Gasteiger partial charge in [-0.25, -0.2) is 5.10 Å². The molecule has 0 saturated carbocycles. The first-order chi connectivity index (χ1) is 11.6. The molecule has 0 atom stereocenters. The van der Waals surface area contributed by atoms with Crippen molar-refractivity contribution in [2.75, 3.05) is 31.1 Å². The fraction of sp³-hybridized carbons (Fsp3) is 0.471. The lowest BCUT2D eigenvalue weighted by Crippen LogP contribution is -2.46. The van der Waals surface area contributed by atoms with Crippen LogP contribution in [-0.4, -0.2) is 46.3 Å². The molecule has 0 amide bonds. The van der Waals surface area contributed by atoms with Gasteiger partial charge in [-0.15, -0.1) is 0 Å². The number of aromatic amines is 1. The summed E-state index contributed by atoms with van der Waals surface area (Å²) in [6.07, 6.45) is 3.48. The molecule has 0 unspecified atom stereocenters. The van der Waals surface area contributed by atoms with Crippen LogP contribution in [0.15, 0.2) is 29.3 Å². The van der Waals surface area contributed by atoms with Crippen LogP contribution in [0.5, 0.6) is 0 Å². The molecule has 1 fully saturated rings. The van der Waals surface area contributed by atoms with Gasteiger partial charge in [-0.3, -0.25) is 14.7 Å². The summed E-state index contributed by atoms with van der Waals surface area (Å²) in [7, 11) is 0. The predicted molar refractivity (Wildman–Crippen MR) is 95.7 cm³/mol. The van der Waals surface area contributed by atoms with Gasteiger partial charge in [0.25, 0.3) is 5.56 Å². The zero-order valence-electron chi connectivity index (χ0n) is 14.0. The van der Waals surface area contributed by atoms with Crippen molar-refractivity contribution in [1.29, 1.82) is 0 Å². The van der Waals surface area contributed by atoms with Gasteiger partial charge < -0.3 is 4.90 Å². The van der Waals surface area contributed by atoms with Crippen molar-refractivity contribution >= 4 is 17.3 Å². The maximum absolute atomic E-state index is 11.6. The highest BCUT2D eigenvalue weighted by Gasteiger charge is 2.21. The van der Waals surface area contributed by atoms with Crippen molar-refractivity contribution in [2.24, 2.45) is 0 Å². The van der Waals surface area contributed by atoms with Gasteiger partial charge in [-0.05, 0) is 17.5 Å². The highest BCUT2D eigenvalue weighted by Crippen LogP contribution is 2.23. The van der Waals surface area contributed by atoms with Crippen molar-refractivity contribution in [3.05, 3.63) is 51.2 Å². The summed E-state index contributed by atoms with van der Waals surface area (Å²) < 4.78 is 0. The first kappa shape index (κ1) is 16.9. The Bertz CT molecular complexity index is 753. The first-order valence-electron chi connectivity index (χ1n) is 8.20. The molecular weight excluding hydrogens is 326 g/mol. The minimum absolute atomic E-state index is 0.216. The van der Waals surface area contributed by atoms with E-state index in [2.05, 4.69) is 44.9 Å². The Morgan fingerprint density at radius 2 is 2.04 bits per heavy atom. The maximum Gasteiger partial charge on any atom is 0.285 e. The Labute approximate surface area is 146 Å². The Hall–Kier alpha value is -1.92. The second-order valence-corrected chi connectivity index (χ2v) is 6.74. The lowest BCUT2D eigenvalue weighted by molar-refractivity contribution is 0.248. The molecule has 0 bridgehead atoms. The number of pyridine rings is 1. The standard InChI is InChI=1S/C17H22ClN5O/c1-12(2)16-13(4-3-5-19-16)11-22-6-8-23(9-7-22)14-10-20-21-17(24)15(14)18/h3-5,10,12H,6-9,11H2,1-2H3,(H,21,24). The second kappa shape index (κ2) is 7.32. The summed E-state index contributed by atoms with van der Waals surface area (Å²) in [5.41, 5.74) is 2.83. The number of piperazine rings is 1. The van der Waals surface area contributed by atoms with E-state index in [0.29, 0.717) is 11.6 Å². The van der Waals surface area contributed by atoms with Crippen LogP contribution in [-0.2, 0) is 6.54 Å². The quantitative estimate of drug-likeness (QED) is 0.919. The molecule has 1 aliphatic heterocycles. The molecule has 24 heavy (non-hydrogen) atoms. The average Bonchev–Trinajstić information content (AvgIpc) is 2.58. The van der Waals surface area contributed by atoms with Gasteiger partial charge >= 0.3 is 0 Å². The molecule has 0 radical (unpaired) electrons. The van der Waals surface area contributed by atoms with Gasteiger partial charge in [0.1, 0.15) is 5.02 Å². The lowest BCUT2D eigenvalue weighted by atomic mass is 10.0. The second-order valence-electron chi connectivity index (χ2n) is 6.36. The minimum Gasteiger partial charge on any atom is -0.366 e. The van der Waals surface area contributed by atoms with Gasteiger partial charge in [0.15, 0.2) is 0 Å². The minimum atomic E-state index is -0.339. The lowest BCUT2D eigenvalue weighted by Gasteiger charge is -2.36. The zero-order valence-corrected chi connectivity index (χ0v) is 14.8. The number of hydrogen-bond donors (Lipinski definition) is 1. The van der Waals surface area contributed by atoms with E-state index in [-0.39, 0.29) is 10.6 Å². The molecule has 3 heterocycles. The summed E-state index contributed by atoms with van der Waals surface area (Å²) in [5, 5.41) is 6.42. The molecule has 2 aromatic heterocycles. The molecule has 128 valence electrons. The summed E-state index contributed by atoms with van der Waals surface area (Å²) in [5.74, 6) is 0.420. The molecule has 1 saturated heterocycles. The Morgan fingerprint density at radius 3 is 2.75 bits per heavy atom. The molecule has 0 spiro atoms. The van der Waals surface area contributed by atoms with Crippen LogP contribution in [0.2, 0.25) is 5.02 Å². The molecule has 0 aromatic carbocycles. The molecule has 2 aromatic rings. The highest BCUT2D eigenvalue weighted by atomic mass is 35.5. The van der Waals surface area contributed by atoms with E-state index in [4.69, 9.17) is 11.6 Å². The Balaban J connectivity index is 1.66.